The molecule has 0 amide bonds. The number of carbonyl (C=O) groups is 1. The topological polar surface area (TPSA) is 76.2 Å². The zero-order valence-electron chi connectivity index (χ0n) is 12.6. The average Bonchev–Trinajstić information content (AvgIpc) is 2.68. The number of carboxylic acid groups (broad SMARTS) is 1. The van der Waals surface area contributed by atoms with E-state index in [0.717, 1.165) is 25.7 Å². The molecule has 0 saturated heterocycles. The van der Waals surface area contributed by atoms with Gasteiger partial charge in [-0.2, -0.15) is 4.98 Å². The quantitative estimate of drug-likeness (QED) is 0.859. The van der Waals surface area contributed by atoms with Crippen molar-refractivity contribution in [2.75, 3.05) is 0 Å². The molecular formula is C15H24N2O3. The Kier molecular flexibility index (Phi) is 4.16. The summed E-state index contributed by atoms with van der Waals surface area (Å²) in [5, 5.41) is 13.6. The minimum Gasteiger partial charge on any atom is -0.481 e. The summed E-state index contributed by atoms with van der Waals surface area (Å²) in [7, 11) is 0. The Hall–Kier alpha value is -1.39. The van der Waals surface area contributed by atoms with Crippen LogP contribution in [-0.4, -0.2) is 21.2 Å². The number of hydrogen-bond donors (Lipinski definition) is 1. The summed E-state index contributed by atoms with van der Waals surface area (Å²) in [5.74, 6) is 0.371. The summed E-state index contributed by atoms with van der Waals surface area (Å²) in [6, 6.07) is 0. The largest absolute Gasteiger partial charge is 0.481 e. The molecule has 0 atom stereocenters. The highest BCUT2D eigenvalue weighted by atomic mass is 16.5. The maximum Gasteiger partial charge on any atom is 0.310 e. The lowest BCUT2D eigenvalue weighted by molar-refractivity contribution is -0.150. The lowest BCUT2D eigenvalue weighted by atomic mass is 9.77. The highest BCUT2D eigenvalue weighted by Gasteiger charge is 2.40. The van der Waals surface area contributed by atoms with Gasteiger partial charge in [0.05, 0.1) is 5.41 Å². The van der Waals surface area contributed by atoms with Crippen LogP contribution in [0.5, 0.6) is 0 Å². The average molecular weight is 280 g/mol. The van der Waals surface area contributed by atoms with Crippen molar-refractivity contribution >= 4 is 5.97 Å². The lowest BCUT2D eigenvalue weighted by Crippen LogP contribution is -2.33. The third-order valence-corrected chi connectivity index (χ3v) is 4.14. The van der Waals surface area contributed by atoms with Crippen LogP contribution in [0, 0.1) is 5.41 Å². The van der Waals surface area contributed by atoms with Gasteiger partial charge in [-0.3, -0.25) is 4.79 Å². The highest BCUT2D eigenvalue weighted by Crippen LogP contribution is 2.38. The Morgan fingerprint density at radius 3 is 2.30 bits per heavy atom. The molecule has 1 fully saturated rings. The lowest BCUT2D eigenvalue weighted by Gasteiger charge is -2.26. The standard InChI is InChI=1S/C15H24N2O3/c1-14(2,3)12-16-11(20-17-12)10-15(13(18)19)8-6-4-5-7-9-15/h4-10H2,1-3H3,(H,18,19). The third-order valence-electron chi connectivity index (χ3n) is 4.14. The molecule has 0 aliphatic heterocycles. The van der Waals surface area contributed by atoms with Crippen molar-refractivity contribution in [1.82, 2.24) is 10.1 Å². The van der Waals surface area contributed by atoms with E-state index in [9.17, 15) is 9.90 Å². The summed E-state index contributed by atoms with van der Waals surface area (Å²) in [6.07, 6.45) is 5.92. The Bertz CT molecular complexity index is 466. The molecule has 5 heteroatoms. The molecule has 20 heavy (non-hydrogen) atoms. The molecule has 1 heterocycles. The first-order valence-corrected chi connectivity index (χ1v) is 7.40. The zero-order valence-corrected chi connectivity index (χ0v) is 12.6. The molecule has 1 aliphatic rings. The van der Waals surface area contributed by atoms with E-state index in [0.29, 0.717) is 31.0 Å². The van der Waals surface area contributed by atoms with Gasteiger partial charge in [-0.15, -0.1) is 0 Å². The smallest absolute Gasteiger partial charge is 0.310 e. The van der Waals surface area contributed by atoms with Crippen LogP contribution < -0.4 is 0 Å². The number of carboxylic acids is 1. The number of aromatic nitrogens is 2. The summed E-state index contributed by atoms with van der Waals surface area (Å²) in [6.45, 7) is 6.04. The van der Waals surface area contributed by atoms with E-state index in [1.807, 2.05) is 20.8 Å². The van der Waals surface area contributed by atoms with Gasteiger partial charge in [0.2, 0.25) is 5.89 Å². The normalized spacial score (nSPS) is 19.6. The molecule has 112 valence electrons. The molecule has 1 N–H and O–H groups in total. The van der Waals surface area contributed by atoms with E-state index >= 15 is 0 Å². The van der Waals surface area contributed by atoms with Crippen molar-refractivity contribution in [1.29, 1.82) is 0 Å². The van der Waals surface area contributed by atoms with Crippen LogP contribution in [0.25, 0.3) is 0 Å². The molecule has 1 saturated carbocycles. The number of rotatable bonds is 3. The van der Waals surface area contributed by atoms with Crippen LogP contribution in [0.2, 0.25) is 0 Å². The number of aliphatic carboxylic acids is 1. The molecule has 1 aromatic rings. The Balaban J connectivity index is 2.20. The maximum atomic E-state index is 11.7. The van der Waals surface area contributed by atoms with Gasteiger partial charge >= 0.3 is 5.97 Å². The van der Waals surface area contributed by atoms with Gasteiger partial charge in [0.25, 0.3) is 0 Å². The van der Waals surface area contributed by atoms with E-state index < -0.39 is 11.4 Å². The molecule has 5 nitrogen and oxygen atoms in total. The maximum absolute atomic E-state index is 11.7. The highest BCUT2D eigenvalue weighted by molar-refractivity contribution is 5.74. The summed E-state index contributed by atoms with van der Waals surface area (Å²) >= 11 is 0. The fourth-order valence-corrected chi connectivity index (χ4v) is 2.79. The van der Waals surface area contributed by atoms with Crippen molar-refractivity contribution in [3.63, 3.8) is 0 Å². The molecular weight excluding hydrogens is 256 g/mol. The Morgan fingerprint density at radius 2 is 1.85 bits per heavy atom. The summed E-state index contributed by atoms with van der Waals surface area (Å²) < 4.78 is 5.29. The third kappa shape index (κ3) is 3.19. The van der Waals surface area contributed by atoms with Crippen LogP contribution >= 0.6 is 0 Å². The van der Waals surface area contributed by atoms with Crippen molar-refractivity contribution in [2.45, 2.75) is 71.1 Å². The van der Waals surface area contributed by atoms with Crippen LogP contribution in [0.15, 0.2) is 4.52 Å². The number of nitrogens with zero attached hydrogens (tertiary/aromatic N) is 2. The molecule has 0 aromatic carbocycles. The fraction of sp³-hybridized carbons (Fsp3) is 0.800. The predicted octanol–water partition coefficient (Wildman–Crippen LogP) is 3.33. The molecule has 0 unspecified atom stereocenters. The van der Waals surface area contributed by atoms with E-state index in [1.54, 1.807) is 0 Å². The summed E-state index contributed by atoms with van der Waals surface area (Å²) in [5.41, 5.74) is -0.903. The first-order valence-electron chi connectivity index (χ1n) is 7.40. The van der Waals surface area contributed by atoms with Crippen molar-refractivity contribution < 1.29 is 14.4 Å². The van der Waals surface area contributed by atoms with Gasteiger partial charge in [0, 0.05) is 11.8 Å². The Labute approximate surface area is 119 Å². The zero-order chi connectivity index (χ0) is 14.8. The predicted molar refractivity (Wildman–Crippen MR) is 74.5 cm³/mol. The molecule has 1 aromatic heterocycles. The van der Waals surface area contributed by atoms with Gasteiger partial charge in [-0.25, -0.2) is 0 Å². The van der Waals surface area contributed by atoms with Crippen LogP contribution in [0.4, 0.5) is 0 Å². The second-order valence-corrected chi connectivity index (χ2v) is 6.94. The van der Waals surface area contributed by atoms with E-state index in [-0.39, 0.29) is 5.41 Å². The summed E-state index contributed by atoms with van der Waals surface area (Å²) in [4.78, 5) is 16.1. The second-order valence-electron chi connectivity index (χ2n) is 6.94. The minimum atomic E-state index is -0.727. The first kappa shape index (κ1) is 15.0. The Morgan fingerprint density at radius 1 is 1.25 bits per heavy atom. The van der Waals surface area contributed by atoms with Gasteiger partial charge in [-0.1, -0.05) is 51.6 Å². The van der Waals surface area contributed by atoms with Crippen molar-refractivity contribution in [2.24, 2.45) is 5.41 Å². The second kappa shape index (κ2) is 5.54. The van der Waals surface area contributed by atoms with E-state index in [2.05, 4.69) is 10.1 Å². The van der Waals surface area contributed by atoms with Crippen LogP contribution in [0.3, 0.4) is 0 Å². The van der Waals surface area contributed by atoms with Crippen LogP contribution in [0.1, 0.15) is 71.0 Å². The van der Waals surface area contributed by atoms with Gasteiger partial charge in [0.1, 0.15) is 0 Å². The van der Waals surface area contributed by atoms with Gasteiger partial charge in [-0.05, 0) is 12.8 Å². The van der Waals surface area contributed by atoms with Crippen molar-refractivity contribution in [3.05, 3.63) is 11.7 Å². The number of hydrogen-bond acceptors (Lipinski definition) is 4. The SMILES string of the molecule is CC(C)(C)c1noc(CC2(C(=O)O)CCCCCC2)n1. The van der Waals surface area contributed by atoms with Crippen molar-refractivity contribution in [3.8, 4) is 0 Å². The fourth-order valence-electron chi connectivity index (χ4n) is 2.79. The van der Waals surface area contributed by atoms with Gasteiger partial charge < -0.3 is 9.63 Å². The molecule has 2 rings (SSSR count). The molecule has 0 bridgehead atoms. The van der Waals surface area contributed by atoms with E-state index in [4.69, 9.17) is 4.52 Å². The van der Waals surface area contributed by atoms with E-state index in [1.165, 1.54) is 0 Å². The monoisotopic (exact) mass is 280 g/mol. The van der Waals surface area contributed by atoms with Crippen LogP contribution in [-0.2, 0) is 16.6 Å². The molecule has 0 spiro atoms. The molecule has 0 radical (unpaired) electrons. The van der Waals surface area contributed by atoms with Gasteiger partial charge in [0.15, 0.2) is 5.82 Å². The minimum absolute atomic E-state index is 0.179. The molecule has 1 aliphatic carbocycles. The first-order chi connectivity index (χ1) is 9.33.